The average molecular weight is 438 g/mol. The van der Waals surface area contributed by atoms with Gasteiger partial charge < -0.3 is 14.5 Å². The quantitative estimate of drug-likeness (QED) is 0.269. The third kappa shape index (κ3) is 5.42. The van der Waals surface area contributed by atoms with Crippen molar-refractivity contribution in [3.05, 3.63) is 89.7 Å². The second-order valence-electron chi connectivity index (χ2n) is 8.78. The Morgan fingerprint density at radius 3 is 2.36 bits per heavy atom. The summed E-state index contributed by atoms with van der Waals surface area (Å²) in [5.74, 6) is 2.04. The third-order valence-corrected chi connectivity index (χ3v) is 5.31. The molecular formula is C28H27N3O2. The molecule has 0 saturated heterocycles. The topological polar surface area (TPSA) is 70.9 Å². The van der Waals surface area contributed by atoms with Gasteiger partial charge in [0.1, 0.15) is 36.6 Å². The molecule has 0 unspecified atom stereocenters. The van der Waals surface area contributed by atoms with Gasteiger partial charge in [0.15, 0.2) is 0 Å². The number of aromatic nitrogens is 2. The summed E-state index contributed by atoms with van der Waals surface area (Å²) < 4.78 is 11.8. The molecule has 0 fully saturated rings. The molecule has 166 valence electrons. The van der Waals surface area contributed by atoms with Crippen LogP contribution in [-0.4, -0.2) is 23.2 Å². The van der Waals surface area contributed by atoms with Crippen LogP contribution in [0.2, 0.25) is 0 Å². The molecule has 5 nitrogen and oxygen atoms in total. The van der Waals surface area contributed by atoms with E-state index in [1.165, 1.54) is 5.56 Å². The fraction of sp³-hybridized carbons (Fsp3) is 0.214. The molecule has 1 heterocycles. The summed E-state index contributed by atoms with van der Waals surface area (Å²) in [5.41, 5.74) is 4.35. The molecule has 0 aliphatic carbocycles. The predicted octanol–water partition coefficient (Wildman–Crippen LogP) is 6.38. The van der Waals surface area contributed by atoms with Gasteiger partial charge in [0.05, 0.1) is 16.6 Å². The fourth-order valence-corrected chi connectivity index (χ4v) is 3.48. The van der Waals surface area contributed by atoms with Crippen molar-refractivity contribution in [1.29, 1.82) is 5.26 Å². The van der Waals surface area contributed by atoms with E-state index in [2.05, 4.69) is 48.9 Å². The second-order valence-corrected chi connectivity index (χ2v) is 8.78. The number of H-pyrrole nitrogens is 1. The van der Waals surface area contributed by atoms with Crippen molar-refractivity contribution < 1.29 is 9.47 Å². The van der Waals surface area contributed by atoms with Crippen LogP contribution in [0.5, 0.6) is 11.5 Å². The van der Waals surface area contributed by atoms with Crippen LogP contribution in [0.3, 0.4) is 0 Å². The molecule has 0 bridgehead atoms. The Morgan fingerprint density at radius 1 is 0.939 bits per heavy atom. The van der Waals surface area contributed by atoms with Crippen molar-refractivity contribution in [2.45, 2.75) is 26.2 Å². The Bertz CT molecular complexity index is 1270. The maximum absolute atomic E-state index is 9.73. The molecule has 0 aliphatic heterocycles. The Morgan fingerprint density at radius 2 is 1.64 bits per heavy atom. The Balaban J connectivity index is 1.42. The molecule has 1 N–H and O–H groups in total. The zero-order valence-corrected chi connectivity index (χ0v) is 19.1. The molecule has 0 radical (unpaired) electrons. The summed E-state index contributed by atoms with van der Waals surface area (Å²) in [4.78, 5) is 7.74. The highest BCUT2D eigenvalue weighted by molar-refractivity contribution is 5.91. The highest BCUT2D eigenvalue weighted by atomic mass is 16.5. The first-order valence-electron chi connectivity index (χ1n) is 11.0. The number of ether oxygens (including phenoxy) is 2. The van der Waals surface area contributed by atoms with E-state index in [-0.39, 0.29) is 5.41 Å². The van der Waals surface area contributed by atoms with Crippen LogP contribution in [-0.2, 0) is 5.41 Å². The molecule has 4 rings (SSSR count). The zero-order chi connectivity index (χ0) is 23.3. The monoisotopic (exact) mass is 437 g/mol. The summed E-state index contributed by atoms with van der Waals surface area (Å²) in [6, 6.07) is 25.8. The van der Waals surface area contributed by atoms with E-state index in [9.17, 15) is 5.26 Å². The molecule has 0 atom stereocenters. The normalized spacial score (nSPS) is 11.9. The Hall–Kier alpha value is -4.04. The van der Waals surface area contributed by atoms with Gasteiger partial charge in [0, 0.05) is 5.56 Å². The van der Waals surface area contributed by atoms with E-state index >= 15 is 0 Å². The SMILES string of the molecule is CC(C)(C)c1ccc(OCCOc2ccccc2/C=C(\C#N)c2nc3ccccc3[nH]2)cc1. The van der Waals surface area contributed by atoms with Gasteiger partial charge in [0.25, 0.3) is 0 Å². The summed E-state index contributed by atoms with van der Waals surface area (Å²) in [7, 11) is 0. The van der Waals surface area contributed by atoms with Gasteiger partial charge in [-0.3, -0.25) is 0 Å². The largest absolute Gasteiger partial charge is 0.490 e. The van der Waals surface area contributed by atoms with Crippen LogP contribution >= 0.6 is 0 Å². The lowest BCUT2D eigenvalue weighted by Gasteiger charge is -2.19. The van der Waals surface area contributed by atoms with Gasteiger partial charge >= 0.3 is 0 Å². The third-order valence-electron chi connectivity index (χ3n) is 5.31. The summed E-state index contributed by atoms with van der Waals surface area (Å²) in [6.07, 6.45) is 1.79. The standard InChI is InChI=1S/C28H27N3O2/c1-28(2,3)22-12-14-23(15-13-22)32-16-17-33-26-11-7-4-8-20(26)18-21(19-29)27-30-24-9-5-6-10-25(24)31-27/h4-15,18H,16-17H2,1-3H3,(H,30,31)/b21-18+. The Kier molecular flexibility index (Phi) is 6.46. The lowest BCUT2D eigenvalue weighted by Crippen LogP contribution is -2.11. The van der Waals surface area contributed by atoms with E-state index in [4.69, 9.17) is 9.47 Å². The molecule has 0 amide bonds. The number of nitriles is 1. The van der Waals surface area contributed by atoms with Crippen LogP contribution in [0.15, 0.2) is 72.8 Å². The van der Waals surface area contributed by atoms with Gasteiger partial charge in [-0.15, -0.1) is 0 Å². The lowest BCUT2D eigenvalue weighted by molar-refractivity contribution is 0.217. The van der Waals surface area contributed by atoms with Crippen molar-refractivity contribution in [1.82, 2.24) is 9.97 Å². The molecule has 33 heavy (non-hydrogen) atoms. The number of hydrogen-bond acceptors (Lipinski definition) is 4. The van der Waals surface area contributed by atoms with E-state index in [1.807, 2.05) is 60.7 Å². The number of para-hydroxylation sites is 3. The van der Waals surface area contributed by atoms with Crippen molar-refractivity contribution in [2.24, 2.45) is 0 Å². The summed E-state index contributed by atoms with van der Waals surface area (Å²) >= 11 is 0. The van der Waals surface area contributed by atoms with Crippen LogP contribution in [0, 0.1) is 11.3 Å². The number of aromatic amines is 1. The minimum Gasteiger partial charge on any atom is -0.490 e. The number of hydrogen-bond donors (Lipinski definition) is 1. The average Bonchev–Trinajstić information content (AvgIpc) is 3.25. The van der Waals surface area contributed by atoms with Crippen LogP contribution in [0.25, 0.3) is 22.7 Å². The highest BCUT2D eigenvalue weighted by Crippen LogP contribution is 2.26. The minimum absolute atomic E-state index is 0.115. The summed E-state index contributed by atoms with van der Waals surface area (Å²) in [6.45, 7) is 7.37. The van der Waals surface area contributed by atoms with E-state index in [1.54, 1.807) is 6.08 Å². The number of rotatable bonds is 7. The highest BCUT2D eigenvalue weighted by Gasteiger charge is 2.13. The van der Waals surface area contributed by atoms with Gasteiger partial charge in [-0.1, -0.05) is 63.2 Å². The van der Waals surface area contributed by atoms with Crippen LogP contribution < -0.4 is 9.47 Å². The zero-order valence-electron chi connectivity index (χ0n) is 19.1. The van der Waals surface area contributed by atoms with Crippen LogP contribution in [0.4, 0.5) is 0 Å². The first kappa shape index (κ1) is 22.2. The number of benzene rings is 3. The molecular weight excluding hydrogens is 410 g/mol. The van der Waals surface area contributed by atoms with Gasteiger partial charge in [-0.2, -0.15) is 5.26 Å². The molecule has 0 aliphatic rings. The van der Waals surface area contributed by atoms with Crippen molar-refractivity contribution in [2.75, 3.05) is 13.2 Å². The molecule has 4 aromatic rings. The van der Waals surface area contributed by atoms with Crippen LogP contribution in [0.1, 0.15) is 37.7 Å². The van der Waals surface area contributed by atoms with Gasteiger partial charge in [0.2, 0.25) is 0 Å². The number of allylic oxidation sites excluding steroid dienone is 1. The molecule has 1 aromatic heterocycles. The van der Waals surface area contributed by atoms with E-state index < -0.39 is 0 Å². The first-order valence-corrected chi connectivity index (χ1v) is 11.0. The molecule has 0 saturated carbocycles. The molecule has 5 heteroatoms. The maximum Gasteiger partial charge on any atom is 0.149 e. The maximum atomic E-state index is 9.73. The second kappa shape index (κ2) is 9.62. The van der Waals surface area contributed by atoms with E-state index in [0.717, 1.165) is 22.3 Å². The van der Waals surface area contributed by atoms with Crippen molar-refractivity contribution >= 4 is 22.7 Å². The number of imidazole rings is 1. The van der Waals surface area contributed by atoms with Gasteiger partial charge in [-0.25, -0.2) is 4.98 Å². The Labute approximate surface area is 194 Å². The number of fused-ring (bicyclic) bond motifs is 1. The minimum atomic E-state index is 0.115. The summed E-state index contributed by atoms with van der Waals surface area (Å²) in [5, 5.41) is 9.73. The fourth-order valence-electron chi connectivity index (χ4n) is 3.48. The number of nitrogens with zero attached hydrogens (tertiary/aromatic N) is 2. The first-order chi connectivity index (χ1) is 15.9. The van der Waals surface area contributed by atoms with Gasteiger partial charge in [-0.05, 0) is 47.4 Å². The van der Waals surface area contributed by atoms with Crippen molar-refractivity contribution in [3.8, 4) is 17.6 Å². The van der Waals surface area contributed by atoms with Crippen molar-refractivity contribution in [3.63, 3.8) is 0 Å². The molecule has 0 spiro atoms. The molecule has 3 aromatic carbocycles. The van der Waals surface area contributed by atoms with E-state index in [0.29, 0.717) is 30.4 Å². The number of nitrogens with one attached hydrogen (secondary N) is 1. The predicted molar refractivity (Wildman–Crippen MR) is 132 cm³/mol. The smallest absolute Gasteiger partial charge is 0.149 e. The lowest BCUT2D eigenvalue weighted by atomic mass is 9.87.